The summed E-state index contributed by atoms with van der Waals surface area (Å²) in [5, 5.41) is 14.9. The minimum atomic E-state index is -0.491. The van der Waals surface area contributed by atoms with Gasteiger partial charge in [-0.25, -0.2) is 0 Å². The van der Waals surface area contributed by atoms with Crippen LogP contribution in [0.4, 0.5) is 5.00 Å². The minimum absolute atomic E-state index is 0. The van der Waals surface area contributed by atoms with Gasteiger partial charge in [0.15, 0.2) is 0 Å². The zero-order valence-corrected chi connectivity index (χ0v) is 11.1. The quantitative estimate of drug-likeness (QED) is 0.652. The fourth-order valence-electron chi connectivity index (χ4n) is 1.13. The van der Waals surface area contributed by atoms with Crippen LogP contribution in [0, 0.1) is 10.1 Å². The van der Waals surface area contributed by atoms with Crippen LogP contribution >= 0.6 is 23.7 Å². The van der Waals surface area contributed by atoms with Crippen molar-refractivity contribution in [2.45, 2.75) is 0 Å². The lowest BCUT2D eigenvalue weighted by Gasteiger charge is -2.15. The summed E-state index contributed by atoms with van der Waals surface area (Å²) >= 11 is 0.965. The Morgan fingerprint density at radius 2 is 2.29 bits per heavy atom. The van der Waals surface area contributed by atoms with E-state index in [0.29, 0.717) is 18.7 Å². The van der Waals surface area contributed by atoms with Crippen molar-refractivity contribution in [3.8, 4) is 0 Å². The number of hydrogen-bond donors (Lipinski definition) is 1. The summed E-state index contributed by atoms with van der Waals surface area (Å²) in [5.41, 5.74) is 0.371. The largest absolute Gasteiger partial charge is 0.340 e. The number of amides is 1. The fourth-order valence-corrected chi connectivity index (χ4v) is 1.83. The van der Waals surface area contributed by atoms with Crippen LogP contribution in [0.1, 0.15) is 10.4 Å². The molecule has 0 aliphatic carbocycles. The highest BCUT2D eigenvalue weighted by molar-refractivity contribution is 7.13. The van der Waals surface area contributed by atoms with Gasteiger partial charge in [0.05, 0.1) is 10.5 Å². The van der Waals surface area contributed by atoms with Crippen molar-refractivity contribution in [2.75, 3.05) is 27.2 Å². The Morgan fingerprint density at radius 1 is 1.65 bits per heavy atom. The summed E-state index contributed by atoms with van der Waals surface area (Å²) in [4.78, 5) is 23.3. The third kappa shape index (κ3) is 4.29. The van der Waals surface area contributed by atoms with Crippen molar-refractivity contribution in [3.63, 3.8) is 0 Å². The molecule has 0 atom stereocenters. The van der Waals surface area contributed by atoms with Gasteiger partial charge in [-0.05, 0) is 7.05 Å². The van der Waals surface area contributed by atoms with Gasteiger partial charge in [0.25, 0.3) is 5.91 Å². The van der Waals surface area contributed by atoms with Crippen LogP contribution in [0.3, 0.4) is 0 Å². The Kier molecular flexibility index (Phi) is 6.71. The number of nitrogens with zero attached hydrogens (tertiary/aromatic N) is 2. The predicted octanol–water partition coefficient (Wildman–Crippen LogP) is 1.37. The topological polar surface area (TPSA) is 75.5 Å². The number of likely N-dealkylation sites (N-methyl/N-ethyl adjacent to an activating group) is 2. The molecule has 0 saturated carbocycles. The highest BCUT2D eigenvalue weighted by Crippen LogP contribution is 2.23. The van der Waals surface area contributed by atoms with Crippen LogP contribution in [0.5, 0.6) is 0 Å². The molecule has 0 aliphatic rings. The first-order chi connectivity index (χ1) is 7.56. The maximum Gasteiger partial charge on any atom is 0.324 e. The molecule has 0 radical (unpaired) electrons. The zero-order chi connectivity index (χ0) is 12.1. The van der Waals surface area contributed by atoms with E-state index in [4.69, 9.17) is 0 Å². The van der Waals surface area contributed by atoms with E-state index in [1.165, 1.54) is 16.3 Å². The van der Waals surface area contributed by atoms with Gasteiger partial charge in [0.2, 0.25) is 0 Å². The molecule has 0 saturated heterocycles. The van der Waals surface area contributed by atoms with Crippen LogP contribution in [0.15, 0.2) is 11.4 Å². The van der Waals surface area contributed by atoms with E-state index in [9.17, 15) is 14.9 Å². The van der Waals surface area contributed by atoms with E-state index in [0.717, 1.165) is 11.3 Å². The number of halogens is 1. The molecule has 1 rings (SSSR count). The molecule has 0 bridgehead atoms. The Labute approximate surface area is 109 Å². The van der Waals surface area contributed by atoms with Gasteiger partial charge in [0.1, 0.15) is 0 Å². The van der Waals surface area contributed by atoms with Gasteiger partial charge in [0, 0.05) is 31.6 Å². The molecule has 1 aromatic heterocycles. The second kappa shape index (κ2) is 7.21. The normalized spacial score (nSPS) is 9.53. The Bertz CT molecular complexity index is 397. The number of thiophene rings is 1. The van der Waals surface area contributed by atoms with Gasteiger partial charge in [-0.15, -0.1) is 12.4 Å². The van der Waals surface area contributed by atoms with Gasteiger partial charge < -0.3 is 10.2 Å². The molecular weight excluding hydrogens is 266 g/mol. The number of hydrogen-bond acceptors (Lipinski definition) is 5. The lowest BCUT2D eigenvalue weighted by molar-refractivity contribution is -0.380. The van der Waals surface area contributed by atoms with E-state index in [-0.39, 0.29) is 23.3 Å². The van der Waals surface area contributed by atoms with E-state index in [1.807, 2.05) is 0 Å². The van der Waals surface area contributed by atoms with E-state index < -0.39 is 4.92 Å². The van der Waals surface area contributed by atoms with E-state index >= 15 is 0 Å². The molecule has 96 valence electrons. The smallest absolute Gasteiger partial charge is 0.324 e. The molecule has 0 unspecified atom stereocenters. The second-order valence-corrected chi connectivity index (χ2v) is 4.15. The molecule has 0 fully saturated rings. The average molecular weight is 280 g/mol. The van der Waals surface area contributed by atoms with Crippen molar-refractivity contribution < 1.29 is 9.72 Å². The maximum atomic E-state index is 11.8. The average Bonchev–Trinajstić information content (AvgIpc) is 2.74. The molecule has 1 aromatic rings. The number of nitrogens with one attached hydrogen (secondary N) is 1. The monoisotopic (exact) mass is 279 g/mol. The van der Waals surface area contributed by atoms with Crippen LogP contribution in [-0.4, -0.2) is 42.9 Å². The molecule has 6 nitrogen and oxygen atoms in total. The molecule has 1 heterocycles. The Balaban J connectivity index is 0.00000256. The zero-order valence-electron chi connectivity index (χ0n) is 9.50. The number of carbonyl (C=O) groups is 1. The van der Waals surface area contributed by atoms with Crippen LogP contribution in [-0.2, 0) is 0 Å². The molecule has 0 aliphatic heterocycles. The minimum Gasteiger partial charge on any atom is -0.340 e. The highest BCUT2D eigenvalue weighted by Gasteiger charge is 2.17. The van der Waals surface area contributed by atoms with Gasteiger partial charge >= 0.3 is 5.00 Å². The second-order valence-electron chi connectivity index (χ2n) is 3.26. The van der Waals surface area contributed by atoms with Crippen LogP contribution in [0.2, 0.25) is 0 Å². The molecule has 0 spiro atoms. The van der Waals surface area contributed by atoms with Crippen molar-refractivity contribution >= 4 is 34.7 Å². The summed E-state index contributed by atoms with van der Waals surface area (Å²) in [6, 6.07) is 1.31. The number of rotatable bonds is 5. The molecule has 8 heteroatoms. The first-order valence-electron chi connectivity index (χ1n) is 4.69. The SMILES string of the molecule is CNCCN(C)C(=O)c1csc([N+](=O)[O-])c1.Cl. The lowest BCUT2D eigenvalue weighted by Crippen LogP contribution is -2.32. The third-order valence-corrected chi connectivity index (χ3v) is 2.94. The summed E-state index contributed by atoms with van der Waals surface area (Å²) in [6.45, 7) is 1.26. The number of carbonyl (C=O) groups excluding carboxylic acids is 1. The van der Waals surface area contributed by atoms with Gasteiger partial charge in [-0.1, -0.05) is 11.3 Å². The first-order valence-corrected chi connectivity index (χ1v) is 5.57. The molecule has 1 amide bonds. The van der Waals surface area contributed by atoms with Crippen LogP contribution in [0.25, 0.3) is 0 Å². The van der Waals surface area contributed by atoms with Crippen molar-refractivity contribution in [2.24, 2.45) is 0 Å². The Morgan fingerprint density at radius 3 is 2.76 bits per heavy atom. The summed E-state index contributed by atoms with van der Waals surface area (Å²) < 4.78 is 0. The van der Waals surface area contributed by atoms with Crippen molar-refractivity contribution in [1.29, 1.82) is 0 Å². The molecule has 17 heavy (non-hydrogen) atoms. The maximum absolute atomic E-state index is 11.8. The summed E-state index contributed by atoms with van der Waals surface area (Å²) in [5.74, 6) is -0.195. The summed E-state index contributed by atoms with van der Waals surface area (Å²) in [6.07, 6.45) is 0. The predicted molar refractivity (Wildman–Crippen MR) is 69.1 cm³/mol. The first kappa shape index (κ1) is 15.8. The van der Waals surface area contributed by atoms with Crippen molar-refractivity contribution in [1.82, 2.24) is 10.2 Å². The highest BCUT2D eigenvalue weighted by atomic mass is 35.5. The summed E-state index contributed by atoms with van der Waals surface area (Å²) in [7, 11) is 3.47. The van der Waals surface area contributed by atoms with Gasteiger partial charge in [-0.2, -0.15) is 0 Å². The standard InChI is InChI=1S/C9H13N3O3S.ClH/c1-10-3-4-11(2)9(13)7-5-8(12(14)15)16-6-7;/h5-6,10H,3-4H2,1-2H3;1H. The van der Waals surface area contributed by atoms with E-state index in [2.05, 4.69) is 5.32 Å². The molecule has 0 aromatic carbocycles. The van der Waals surface area contributed by atoms with Crippen molar-refractivity contribution in [3.05, 3.63) is 27.1 Å². The fraction of sp³-hybridized carbons (Fsp3) is 0.444. The van der Waals surface area contributed by atoms with Crippen LogP contribution < -0.4 is 5.32 Å². The molecule has 1 N–H and O–H groups in total. The molecular formula is C9H14ClN3O3S. The number of nitro groups is 1. The lowest BCUT2D eigenvalue weighted by atomic mass is 10.3. The third-order valence-electron chi connectivity index (χ3n) is 2.06. The Hall–Kier alpha value is -1.18. The van der Waals surface area contributed by atoms with E-state index in [1.54, 1.807) is 14.1 Å². The van der Waals surface area contributed by atoms with Gasteiger partial charge in [-0.3, -0.25) is 14.9 Å².